The van der Waals surface area contributed by atoms with Gasteiger partial charge in [0, 0.05) is 20.0 Å². The molecule has 134 valence electrons. The molecule has 8 nitrogen and oxygen atoms in total. The number of likely N-dealkylation sites (tertiary alicyclic amines) is 1. The molecule has 0 N–H and O–H groups in total. The number of nitrogens with zero attached hydrogens (tertiary/aromatic N) is 3. The molecule has 2 heterocycles. The summed E-state index contributed by atoms with van der Waals surface area (Å²) >= 11 is 0. The second-order valence-corrected chi connectivity index (χ2v) is 6.84. The predicted octanol–water partition coefficient (Wildman–Crippen LogP) is 1.90. The van der Waals surface area contributed by atoms with E-state index in [4.69, 9.17) is 14.2 Å². The van der Waals surface area contributed by atoms with Gasteiger partial charge in [-0.2, -0.15) is 5.10 Å². The van der Waals surface area contributed by atoms with Gasteiger partial charge in [-0.1, -0.05) is 0 Å². The van der Waals surface area contributed by atoms with Crippen molar-refractivity contribution >= 4 is 12.1 Å². The number of rotatable bonds is 3. The van der Waals surface area contributed by atoms with Crippen LogP contribution >= 0.6 is 0 Å². The Morgan fingerprint density at radius 3 is 2.54 bits per heavy atom. The number of amides is 1. The molecule has 0 bridgehead atoms. The van der Waals surface area contributed by atoms with Crippen molar-refractivity contribution in [2.75, 3.05) is 20.2 Å². The number of carbonyl (C=O) groups is 2. The molecule has 0 aliphatic carbocycles. The van der Waals surface area contributed by atoms with E-state index in [1.165, 1.54) is 11.8 Å². The minimum Gasteiger partial charge on any atom is -0.481 e. The van der Waals surface area contributed by atoms with E-state index in [0.29, 0.717) is 36.6 Å². The van der Waals surface area contributed by atoms with Crippen molar-refractivity contribution in [3.05, 3.63) is 11.3 Å². The van der Waals surface area contributed by atoms with Crippen molar-refractivity contribution in [3.8, 4) is 5.88 Å². The molecule has 1 aromatic rings. The Hall–Kier alpha value is -2.25. The lowest BCUT2D eigenvalue weighted by Gasteiger charge is -2.24. The molecule has 1 aliphatic rings. The fraction of sp³-hybridized carbons (Fsp3) is 0.688. The summed E-state index contributed by atoms with van der Waals surface area (Å²) in [5, 5.41) is 4.17. The average molecular weight is 339 g/mol. The van der Waals surface area contributed by atoms with E-state index < -0.39 is 17.7 Å². The van der Waals surface area contributed by atoms with Crippen molar-refractivity contribution in [3.63, 3.8) is 0 Å². The second kappa shape index (κ2) is 6.70. The lowest BCUT2D eigenvalue weighted by atomic mass is 10.2. The Balaban J connectivity index is 1.99. The van der Waals surface area contributed by atoms with Crippen LogP contribution < -0.4 is 4.74 Å². The quantitative estimate of drug-likeness (QED) is 0.782. The number of carbonyl (C=O) groups excluding carboxylic acids is 2. The van der Waals surface area contributed by atoms with Crippen LogP contribution in [0.1, 0.15) is 43.2 Å². The zero-order valence-corrected chi connectivity index (χ0v) is 15.1. The summed E-state index contributed by atoms with van der Waals surface area (Å²) in [5.74, 6) is -0.131. The Morgan fingerprint density at radius 1 is 1.29 bits per heavy atom. The number of hydrogen-bond acceptors (Lipinski definition) is 6. The van der Waals surface area contributed by atoms with E-state index in [2.05, 4.69) is 5.10 Å². The van der Waals surface area contributed by atoms with Gasteiger partial charge >= 0.3 is 12.1 Å². The van der Waals surface area contributed by atoms with E-state index >= 15 is 0 Å². The first kappa shape index (κ1) is 18.1. The molecule has 1 saturated heterocycles. The first-order valence-corrected chi connectivity index (χ1v) is 7.89. The van der Waals surface area contributed by atoms with Crippen molar-refractivity contribution in [2.45, 2.75) is 45.8 Å². The van der Waals surface area contributed by atoms with E-state index in [1.807, 2.05) is 20.8 Å². The number of esters is 1. The van der Waals surface area contributed by atoms with E-state index in [-0.39, 0.29) is 6.10 Å². The minimum atomic E-state index is -0.550. The van der Waals surface area contributed by atoms with Crippen LogP contribution in [0.4, 0.5) is 4.79 Å². The fourth-order valence-electron chi connectivity index (χ4n) is 2.63. The third-order valence-corrected chi connectivity index (χ3v) is 3.64. The summed E-state index contributed by atoms with van der Waals surface area (Å²) in [6, 6.07) is 0. The van der Waals surface area contributed by atoms with Crippen molar-refractivity contribution in [2.24, 2.45) is 7.05 Å². The highest BCUT2D eigenvalue weighted by molar-refractivity contribution is 5.93. The molecule has 1 fully saturated rings. The normalized spacial score (nSPS) is 17.8. The van der Waals surface area contributed by atoms with E-state index in [0.717, 1.165) is 0 Å². The molecule has 1 atom stereocenters. The number of hydrogen-bond donors (Lipinski definition) is 0. The molecular weight excluding hydrogens is 314 g/mol. The second-order valence-electron chi connectivity index (χ2n) is 6.84. The molecule has 1 aliphatic heterocycles. The molecule has 0 spiro atoms. The number of methoxy groups -OCH3 is 1. The van der Waals surface area contributed by atoms with Crippen molar-refractivity contribution in [1.82, 2.24) is 14.7 Å². The largest absolute Gasteiger partial charge is 0.481 e. The minimum absolute atomic E-state index is 0.315. The van der Waals surface area contributed by atoms with Gasteiger partial charge in [0.2, 0.25) is 5.88 Å². The SMILES string of the molecule is COc1c(C(=O)OC2CCN(C(=O)OC(C)(C)C)C2)c(C)nn1C. The van der Waals surface area contributed by atoms with Crippen LogP contribution in [0.5, 0.6) is 5.88 Å². The highest BCUT2D eigenvalue weighted by atomic mass is 16.6. The van der Waals surface area contributed by atoms with Crippen LogP contribution in [0, 0.1) is 6.92 Å². The van der Waals surface area contributed by atoms with Gasteiger partial charge < -0.3 is 19.1 Å². The summed E-state index contributed by atoms with van der Waals surface area (Å²) in [5.41, 5.74) is 0.309. The summed E-state index contributed by atoms with van der Waals surface area (Å²) in [6.07, 6.45) is -0.183. The molecule has 1 aromatic heterocycles. The fourth-order valence-corrected chi connectivity index (χ4v) is 2.63. The van der Waals surface area contributed by atoms with Crippen molar-refractivity contribution < 1.29 is 23.8 Å². The maximum absolute atomic E-state index is 12.4. The molecule has 1 amide bonds. The van der Waals surface area contributed by atoms with Gasteiger partial charge in [-0.25, -0.2) is 14.3 Å². The van der Waals surface area contributed by atoms with Crippen LogP contribution in [0.2, 0.25) is 0 Å². The zero-order valence-electron chi connectivity index (χ0n) is 15.1. The molecule has 1 unspecified atom stereocenters. The average Bonchev–Trinajstić information content (AvgIpc) is 3.00. The molecule has 0 radical (unpaired) electrons. The predicted molar refractivity (Wildman–Crippen MR) is 86.1 cm³/mol. The molecule has 24 heavy (non-hydrogen) atoms. The molecule has 2 rings (SSSR count). The van der Waals surface area contributed by atoms with Crippen LogP contribution in [0.3, 0.4) is 0 Å². The van der Waals surface area contributed by atoms with Gasteiger partial charge in [-0.05, 0) is 27.7 Å². The highest BCUT2D eigenvalue weighted by Gasteiger charge is 2.33. The topological polar surface area (TPSA) is 82.9 Å². The lowest BCUT2D eigenvalue weighted by Crippen LogP contribution is -2.36. The summed E-state index contributed by atoms with van der Waals surface area (Å²) in [6.45, 7) is 7.99. The third kappa shape index (κ3) is 3.98. The third-order valence-electron chi connectivity index (χ3n) is 3.64. The monoisotopic (exact) mass is 339 g/mol. The first-order valence-electron chi connectivity index (χ1n) is 7.89. The van der Waals surface area contributed by atoms with E-state index in [9.17, 15) is 9.59 Å². The Labute approximate surface area is 141 Å². The van der Waals surface area contributed by atoms with Crippen LogP contribution in [-0.2, 0) is 16.5 Å². The molecular formula is C16H25N3O5. The summed E-state index contributed by atoms with van der Waals surface area (Å²) < 4.78 is 17.6. The molecule has 0 aromatic carbocycles. The number of aromatic nitrogens is 2. The Bertz CT molecular complexity index is 632. The standard InChI is InChI=1S/C16H25N3O5/c1-10-12(13(22-6)18(5)17-10)14(20)23-11-7-8-19(9-11)15(21)24-16(2,3)4/h11H,7-9H2,1-6H3. The maximum Gasteiger partial charge on any atom is 0.410 e. The van der Waals surface area contributed by atoms with Crippen LogP contribution in [0.15, 0.2) is 0 Å². The Kier molecular flexibility index (Phi) is 5.05. The van der Waals surface area contributed by atoms with Gasteiger partial charge in [0.05, 0.1) is 19.3 Å². The lowest BCUT2D eigenvalue weighted by molar-refractivity contribution is 0.0189. The van der Waals surface area contributed by atoms with Gasteiger partial charge in [-0.15, -0.1) is 0 Å². The zero-order chi connectivity index (χ0) is 18.1. The van der Waals surface area contributed by atoms with Crippen molar-refractivity contribution in [1.29, 1.82) is 0 Å². The number of aryl methyl sites for hydroxylation is 2. The molecule has 0 saturated carbocycles. The highest BCUT2D eigenvalue weighted by Crippen LogP contribution is 2.24. The van der Waals surface area contributed by atoms with Gasteiger partial charge in [0.15, 0.2) is 0 Å². The van der Waals surface area contributed by atoms with Gasteiger partial charge in [-0.3, -0.25) is 0 Å². The van der Waals surface area contributed by atoms with Crippen LogP contribution in [-0.4, -0.2) is 58.6 Å². The summed E-state index contributed by atoms with van der Waals surface area (Å²) in [7, 11) is 3.18. The number of ether oxygens (including phenoxy) is 3. The van der Waals surface area contributed by atoms with E-state index in [1.54, 1.807) is 18.9 Å². The Morgan fingerprint density at radius 2 is 1.96 bits per heavy atom. The summed E-state index contributed by atoms with van der Waals surface area (Å²) in [4.78, 5) is 26.0. The van der Waals surface area contributed by atoms with Gasteiger partial charge in [0.1, 0.15) is 17.3 Å². The van der Waals surface area contributed by atoms with Gasteiger partial charge in [0.25, 0.3) is 0 Å². The maximum atomic E-state index is 12.4. The molecule has 8 heteroatoms. The van der Waals surface area contributed by atoms with Crippen LogP contribution in [0.25, 0.3) is 0 Å². The first-order chi connectivity index (χ1) is 11.1. The smallest absolute Gasteiger partial charge is 0.410 e.